The Kier molecular flexibility index (Phi) is 8.01. The van der Waals surface area contributed by atoms with Gasteiger partial charge in [0, 0.05) is 42.4 Å². The lowest BCUT2D eigenvalue weighted by Gasteiger charge is -2.34. The largest absolute Gasteiger partial charge is 0.461 e. The van der Waals surface area contributed by atoms with Crippen molar-refractivity contribution in [2.45, 2.75) is 49.7 Å². The number of rotatable bonds is 6. The van der Waals surface area contributed by atoms with Crippen LogP contribution in [0.25, 0.3) is 32.1 Å². The second-order valence-corrected chi connectivity index (χ2v) is 13.3. The number of alkyl halides is 4. The molecule has 3 atom stereocenters. The number of hydrogen-bond donors (Lipinski definition) is 1. The molecular weight excluding hydrogens is 660 g/mol. The highest BCUT2D eigenvalue weighted by molar-refractivity contribution is 7.23. The molecule has 9 nitrogen and oxygen atoms in total. The minimum Gasteiger partial charge on any atom is -0.461 e. The zero-order valence-electron chi connectivity index (χ0n) is 25.2. The number of nitrogens with zero attached hydrogens (tertiary/aromatic N) is 6. The number of nitrogens with two attached hydrogens (primary N) is 1. The number of thiophene rings is 1. The minimum absolute atomic E-state index is 0.00347. The van der Waals surface area contributed by atoms with Gasteiger partial charge in [-0.1, -0.05) is 6.07 Å². The van der Waals surface area contributed by atoms with Crippen molar-refractivity contribution in [3.05, 3.63) is 41.0 Å². The predicted octanol–water partition coefficient (Wildman–Crippen LogP) is 6.34. The zero-order chi connectivity index (χ0) is 34.0. The minimum atomic E-state index is -5.11. The number of morpholine rings is 1. The number of anilines is 2. The molecule has 3 aliphatic heterocycles. The smallest absolute Gasteiger partial charge is 0.417 e. The molecule has 4 aromatic rings. The molecule has 0 radical (unpaired) electrons. The molecule has 0 amide bonds. The van der Waals surface area contributed by atoms with Crippen LogP contribution in [0.4, 0.5) is 37.2 Å². The first-order chi connectivity index (χ1) is 22.9. The molecule has 3 saturated heterocycles. The maximum atomic E-state index is 17.0. The van der Waals surface area contributed by atoms with Gasteiger partial charge in [0.05, 0.1) is 46.6 Å². The first kappa shape index (κ1) is 32.2. The van der Waals surface area contributed by atoms with Crippen LogP contribution in [-0.4, -0.2) is 72.1 Å². The first-order valence-corrected chi connectivity index (χ1v) is 16.0. The van der Waals surface area contributed by atoms with E-state index in [-0.39, 0.29) is 89.1 Å². The fourth-order valence-electron chi connectivity index (χ4n) is 7.28. The Balaban J connectivity index is 1.45. The van der Waals surface area contributed by atoms with E-state index in [0.717, 1.165) is 24.6 Å². The predicted molar refractivity (Wildman–Crippen MR) is 165 cm³/mol. The second-order valence-electron chi connectivity index (χ2n) is 12.3. The Morgan fingerprint density at radius 3 is 2.73 bits per heavy atom. The van der Waals surface area contributed by atoms with Crippen LogP contribution < -0.4 is 15.4 Å². The van der Waals surface area contributed by atoms with Crippen molar-refractivity contribution in [1.82, 2.24) is 14.9 Å². The third kappa shape index (κ3) is 5.32. The number of fused-ring (bicyclic) bond motifs is 3. The van der Waals surface area contributed by atoms with Crippen LogP contribution in [0.5, 0.6) is 6.01 Å². The molecule has 0 aliphatic carbocycles. The highest BCUT2D eigenvalue weighted by Gasteiger charge is 2.49. The van der Waals surface area contributed by atoms with E-state index in [9.17, 15) is 32.5 Å². The maximum Gasteiger partial charge on any atom is 0.417 e. The third-order valence-electron chi connectivity index (χ3n) is 9.38. The van der Waals surface area contributed by atoms with Crippen molar-refractivity contribution >= 4 is 43.1 Å². The van der Waals surface area contributed by atoms with E-state index in [4.69, 9.17) is 15.2 Å². The molecule has 3 aliphatic rings. The Morgan fingerprint density at radius 2 is 1.98 bits per heavy atom. The molecular formula is C32H27F6N7O2S. The van der Waals surface area contributed by atoms with Crippen molar-refractivity contribution < 1.29 is 35.8 Å². The summed E-state index contributed by atoms with van der Waals surface area (Å²) in [6.07, 6.45) is -5.03. The number of nitrogen functional groups attached to an aromatic ring is 1. The molecule has 5 heterocycles. The Morgan fingerprint density at radius 1 is 1.17 bits per heavy atom. The molecule has 0 saturated carbocycles. The highest BCUT2D eigenvalue weighted by atomic mass is 32.1. The van der Waals surface area contributed by atoms with Crippen LogP contribution in [0.15, 0.2) is 18.2 Å². The average molecular weight is 688 g/mol. The van der Waals surface area contributed by atoms with Gasteiger partial charge in [-0.15, -0.1) is 11.3 Å². The normalized spacial score (nSPS) is 23.0. The van der Waals surface area contributed by atoms with E-state index in [2.05, 4.69) is 9.97 Å². The quantitative estimate of drug-likeness (QED) is 0.232. The summed E-state index contributed by atoms with van der Waals surface area (Å²) in [5, 5.41) is 18.4. The van der Waals surface area contributed by atoms with E-state index < -0.39 is 52.3 Å². The van der Waals surface area contributed by atoms with E-state index in [1.54, 1.807) is 4.90 Å². The van der Waals surface area contributed by atoms with Gasteiger partial charge in [-0.05, 0) is 37.1 Å². The second kappa shape index (κ2) is 11.9. The standard InChI is InChI=1S/C32H27F6N7O2S/c33-16-11-31(5-1-7-45(31)13-16)15-47-30-42-26-19(29(43-30)44-8-9-46-17(14-44)4-6-39)10-21(32(36,37)38)24(25(26)35)18-2-3-22(34)27-23(18)20(12-40)28(41)48-27/h2-3,10,16-17H,1,4-5,7-9,11,13-15,41H2. The van der Waals surface area contributed by atoms with Gasteiger partial charge in [0.1, 0.15) is 41.0 Å². The number of halogens is 6. The van der Waals surface area contributed by atoms with Crippen LogP contribution in [0.2, 0.25) is 0 Å². The summed E-state index contributed by atoms with van der Waals surface area (Å²) >= 11 is 0.674. The Labute approximate surface area is 274 Å². The van der Waals surface area contributed by atoms with Crippen molar-refractivity contribution in [3.8, 4) is 29.3 Å². The SMILES string of the molecule is N#CCC1CN(c2nc(OCC34CCCN3CC(F)C4)nc3c(F)c(-c4ccc(F)c5sc(N)c(C#N)c45)c(C(F)(F)F)cc23)CCO1. The summed E-state index contributed by atoms with van der Waals surface area (Å²) in [6.45, 7) is 1.28. The van der Waals surface area contributed by atoms with Crippen molar-refractivity contribution in [2.75, 3.05) is 50.0 Å². The van der Waals surface area contributed by atoms with Gasteiger partial charge in [0.25, 0.3) is 0 Å². The molecule has 0 bridgehead atoms. The highest BCUT2D eigenvalue weighted by Crippen LogP contribution is 2.48. The summed E-state index contributed by atoms with van der Waals surface area (Å²) in [4.78, 5) is 12.3. The average Bonchev–Trinajstić information content (AvgIpc) is 3.69. The molecule has 48 heavy (non-hydrogen) atoms. The monoisotopic (exact) mass is 687 g/mol. The lowest BCUT2D eigenvalue weighted by Crippen LogP contribution is -2.44. The van der Waals surface area contributed by atoms with Crippen molar-refractivity contribution in [1.29, 1.82) is 10.5 Å². The molecule has 2 aromatic carbocycles. The molecule has 3 fully saturated rings. The lowest BCUT2D eigenvalue weighted by molar-refractivity contribution is -0.137. The van der Waals surface area contributed by atoms with Crippen LogP contribution in [0.3, 0.4) is 0 Å². The molecule has 16 heteroatoms. The van der Waals surface area contributed by atoms with E-state index in [1.165, 1.54) is 0 Å². The van der Waals surface area contributed by atoms with Crippen LogP contribution >= 0.6 is 11.3 Å². The van der Waals surface area contributed by atoms with Gasteiger partial charge < -0.3 is 20.1 Å². The van der Waals surface area contributed by atoms with Gasteiger partial charge in [-0.2, -0.15) is 33.7 Å². The van der Waals surface area contributed by atoms with Crippen molar-refractivity contribution in [3.63, 3.8) is 0 Å². The van der Waals surface area contributed by atoms with Gasteiger partial charge >= 0.3 is 12.2 Å². The number of nitriles is 2. The molecule has 0 spiro atoms. The van der Waals surface area contributed by atoms with Crippen LogP contribution in [0, 0.1) is 34.3 Å². The molecule has 7 rings (SSSR count). The van der Waals surface area contributed by atoms with E-state index >= 15 is 4.39 Å². The van der Waals surface area contributed by atoms with E-state index in [0.29, 0.717) is 24.3 Å². The first-order valence-electron chi connectivity index (χ1n) is 15.2. The molecule has 3 unspecified atom stereocenters. The van der Waals surface area contributed by atoms with Crippen LogP contribution in [-0.2, 0) is 10.9 Å². The lowest BCUT2D eigenvalue weighted by atomic mass is 9.92. The number of hydrogen-bond acceptors (Lipinski definition) is 10. The zero-order valence-corrected chi connectivity index (χ0v) is 26.0. The number of aromatic nitrogens is 2. The van der Waals surface area contributed by atoms with Gasteiger partial charge in [-0.25, -0.2) is 13.2 Å². The summed E-state index contributed by atoms with van der Waals surface area (Å²) in [7, 11) is 0. The maximum absolute atomic E-state index is 17.0. The summed E-state index contributed by atoms with van der Waals surface area (Å²) < 4.78 is 102. The van der Waals surface area contributed by atoms with Crippen LogP contribution in [0.1, 0.15) is 36.8 Å². The van der Waals surface area contributed by atoms with Gasteiger partial charge in [0.15, 0.2) is 5.82 Å². The fourth-order valence-corrected chi connectivity index (χ4v) is 8.23. The van der Waals surface area contributed by atoms with Crippen molar-refractivity contribution in [2.24, 2.45) is 0 Å². The Bertz CT molecular complexity index is 2030. The van der Waals surface area contributed by atoms with Gasteiger partial charge in [-0.3, -0.25) is 4.90 Å². The fraction of sp³-hybridized carbons (Fsp3) is 0.438. The third-order valence-corrected chi connectivity index (χ3v) is 10.4. The number of ether oxygens (including phenoxy) is 2. The summed E-state index contributed by atoms with van der Waals surface area (Å²) in [6, 6.07) is 6.12. The Hall–Kier alpha value is -4.38. The van der Waals surface area contributed by atoms with Gasteiger partial charge in [0.2, 0.25) is 0 Å². The summed E-state index contributed by atoms with van der Waals surface area (Å²) in [5.74, 6) is -2.28. The molecule has 2 N–H and O–H groups in total. The van der Waals surface area contributed by atoms with E-state index in [1.807, 2.05) is 17.0 Å². The molecule has 250 valence electrons. The number of benzene rings is 2. The topological polar surface area (TPSA) is 124 Å². The molecule has 2 aromatic heterocycles. The summed E-state index contributed by atoms with van der Waals surface area (Å²) in [5.41, 5.74) is 1.82.